The van der Waals surface area contributed by atoms with Crippen LogP contribution in [0, 0.1) is 15.5 Å². The lowest BCUT2D eigenvalue weighted by Crippen LogP contribution is -2.48. The first-order valence-corrected chi connectivity index (χ1v) is 13.1. The summed E-state index contributed by atoms with van der Waals surface area (Å²) < 4.78 is 84.9. The Morgan fingerprint density at radius 2 is 1.82 bits per heavy atom. The number of nitro groups is 1. The first-order valence-electron chi connectivity index (χ1n) is 11.9. The van der Waals surface area contributed by atoms with E-state index < -0.39 is 33.6 Å². The van der Waals surface area contributed by atoms with Gasteiger partial charge in [-0.15, -0.1) is 0 Å². The molecule has 0 unspecified atom stereocenters. The van der Waals surface area contributed by atoms with Crippen molar-refractivity contribution in [3.63, 3.8) is 0 Å². The molecule has 39 heavy (non-hydrogen) atoms. The van der Waals surface area contributed by atoms with Crippen molar-refractivity contribution >= 4 is 50.6 Å². The minimum atomic E-state index is -4.85. The van der Waals surface area contributed by atoms with Crippen molar-refractivity contribution in [1.82, 2.24) is 4.90 Å². The first-order chi connectivity index (χ1) is 18.1. The second kappa shape index (κ2) is 12.7. The number of ether oxygens (including phenoxy) is 1. The van der Waals surface area contributed by atoms with Crippen molar-refractivity contribution in [1.29, 1.82) is 5.41 Å². The Kier molecular flexibility index (Phi) is 10.0. The van der Waals surface area contributed by atoms with Crippen molar-refractivity contribution in [2.24, 2.45) is 5.73 Å². The van der Waals surface area contributed by atoms with Gasteiger partial charge in [0.2, 0.25) is 0 Å². The molecule has 1 aromatic carbocycles. The lowest BCUT2D eigenvalue weighted by atomic mass is 9.92. The molecule has 0 aromatic heterocycles. The summed E-state index contributed by atoms with van der Waals surface area (Å²) in [5.74, 6) is 0. The van der Waals surface area contributed by atoms with Crippen LogP contribution in [0.1, 0.15) is 31.2 Å². The number of piperazine rings is 1. The van der Waals surface area contributed by atoms with Crippen LogP contribution in [0.2, 0.25) is 0 Å². The van der Waals surface area contributed by atoms with Gasteiger partial charge in [-0.3, -0.25) is 25.8 Å². The molecule has 17 heteroatoms. The summed E-state index contributed by atoms with van der Waals surface area (Å²) in [5, 5.41) is 19.5. The van der Waals surface area contributed by atoms with Gasteiger partial charge < -0.3 is 15.0 Å². The number of nitrogens with two attached hydrogens (primary N) is 1. The quantitative estimate of drug-likeness (QED) is 0.0824. The molecule has 2 fully saturated rings. The number of nitro benzene ring substituents is 1. The fourth-order valence-corrected chi connectivity index (χ4v) is 5.19. The molecule has 0 bridgehead atoms. The molecule has 9 nitrogen and oxygen atoms in total. The van der Waals surface area contributed by atoms with Crippen molar-refractivity contribution in [3.8, 4) is 0 Å². The zero-order valence-electron chi connectivity index (χ0n) is 20.5. The third-order valence-corrected chi connectivity index (χ3v) is 7.67. The maximum absolute atomic E-state index is 13.2. The molecule has 0 spiro atoms. The molecule has 1 saturated carbocycles. The van der Waals surface area contributed by atoms with Crippen LogP contribution in [0.15, 0.2) is 18.2 Å². The van der Waals surface area contributed by atoms with E-state index in [2.05, 4.69) is 5.32 Å². The Balaban J connectivity index is 1.42. The smallest absolute Gasteiger partial charge is 0.382 e. The topological polar surface area (TPSA) is 121 Å². The summed E-state index contributed by atoms with van der Waals surface area (Å²) in [7, 11) is 0. The molecule has 1 saturated heterocycles. The zero-order chi connectivity index (χ0) is 29.0. The number of nitrogens with zero attached hydrogens (tertiary/aromatic N) is 3. The number of thiocarbonyl (C=S) groups is 1. The van der Waals surface area contributed by atoms with Gasteiger partial charge in [0.1, 0.15) is 23.6 Å². The number of halogens is 6. The van der Waals surface area contributed by atoms with E-state index in [0.29, 0.717) is 56.9 Å². The van der Waals surface area contributed by atoms with Gasteiger partial charge in [-0.25, -0.2) is 0 Å². The fourth-order valence-electron chi connectivity index (χ4n) is 4.31. The predicted octanol–water partition coefficient (Wildman–Crippen LogP) is 4.60. The highest BCUT2D eigenvalue weighted by Gasteiger charge is 2.39. The molecule has 2 aliphatic rings. The average molecular weight is 602 g/mol. The Morgan fingerprint density at radius 1 is 1.21 bits per heavy atom. The summed E-state index contributed by atoms with van der Waals surface area (Å²) in [4.78, 5) is 12.3. The second-order valence-electron chi connectivity index (χ2n) is 9.05. The SMILES string of the molecule is N=C(SC(N)=[N+]1CCN(C(=S)COC2CCC(Nc3ccc([N+](=O)[O-])c(C(F)(F)F)c3)CC2)CC1)C(F)(F)F. The second-order valence-corrected chi connectivity index (χ2v) is 10.6. The Morgan fingerprint density at radius 3 is 2.36 bits per heavy atom. The van der Waals surface area contributed by atoms with Crippen LogP contribution >= 0.6 is 24.0 Å². The van der Waals surface area contributed by atoms with Gasteiger partial charge >= 0.3 is 17.5 Å². The van der Waals surface area contributed by atoms with E-state index in [1.165, 1.54) is 6.07 Å². The lowest BCUT2D eigenvalue weighted by molar-refractivity contribution is -0.535. The summed E-state index contributed by atoms with van der Waals surface area (Å²) >= 11 is 5.63. The Labute approximate surface area is 229 Å². The maximum Gasteiger partial charge on any atom is 0.439 e. The predicted molar refractivity (Wildman–Crippen MR) is 138 cm³/mol. The van der Waals surface area contributed by atoms with E-state index >= 15 is 0 Å². The van der Waals surface area contributed by atoms with Gasteiger partial charge in [0, 0.05) is 29.6 Å². The number of thioether (sulfide) groups is 1. The number of alkyl halides is 6. The number of nitrogens with one attached hydrogen (secondary N) is 2. The van der Waals surface area contributed by atoms with Crippen LogP contribution in [0.4, 0.5) is 37.7 Å². The van der Waals surface area contributed by atoms with Gasteiger partial charge in [-0.2, -0.15) is 26.3 Å². The van der Waals surface area contributed by atoms with Crippen molar-refractivity contribution in [2.45, 2.75) is 50.2 Å². The van der Waals surface area contributed by atoms with Gasteiger partial charge in [-0.1, -0.05) is 12.2 Å². The third-order valence-electron chi connectivity index (χ3n) is 6.39. The summed E-state index contributed by atoms with van der Waals surface area (Å²) in [6, 6.07) is 2.74. The molecule has 0 amide bonds. The monoisotopic (exact) mass is 601 g/mol. The molecule has 1 aliphatic carbocycles. The molecule has 0 radical (unpaired) electrons. The summed E-state index contributed by atoms with van der Waals surface area (Å²) in [6.07, 6.45) is -7.17. The van der Waals surface area contributed by atoms with Gasteiger partial charge in [0.25, 0.3) is 5.69 Å². The molecule has 0 atom stereocenters. The molecular weight excluding hydrogens is 574 g/mol. The van der Waals surface area contributed by atoms with E-state index in [9.17, 15) is 36.5 Å². The first kappa shape index (κ1) is 30.9. The number of hydrogen-bond donors (Lipinski definition) is 3. The van der Waals surface area contributed by atoms with Crippen LogP contribution in [-0.4, -0.2) is 80.7 Å². The molecule has 1 aliphatic heterocycles. The fraction of sp³-hybridized carbons (Fsp3) is 0.591. The van der Waals surface area contributed by atoms with E-state index in [4.69, 9.17) is 28.1 Å². The van der Waals surface area contributed by atoms with E-state index in [1.807, 2.05) is 4.90 Å². The standard InChI is InChI=1S/C22H26F6N6O3S2/c23-21(24,25)16-11-14(3-6-17(16)34(35)36)31-13-1-4-15(5-2-13)37-12-18(38)32-7-9-33(10-8-32)20(30)39-19(29)22(26,27)28/h3,6,11,13,15,29-31H,1-2,4-5,7-10,12H2/p+1. The van der Waals surface area contributed by atoms with Crippen LogP contribution in [0.5, 0.6) is 0 Å². The number of hydrogen-bond acceptors (Lipinski definition) is 7. The van der Waals surface area contributed by atoms with Gasteiger partial charge in [0.15, 0.2) is 5.04 Å². The van der Waals surface area contributed by atoms with Gasteiger partial charge in [0.05, 0.1) is 30.7 Å². The highest BCUT2D eigenvalue weighted by atomic mass is 32.2. The molecule has 3 rings (SSSR count). The molecular formula is C22H27F6N6O3S2+. The lowest BCUT2D eigenvalue weighted by Gasteiger charge is -2.32. The van der Waals surface area contributed by atoms with Crippen LogP contribution < -0.4 is 11.1 Å². The molecule has 1 heterocycles. The highest BCUT2D eigenvalue weighted by molar-refractivity contribution is 8.26. The largest absolute Gasteiger partial charge is 0.439 e. The van der Waals surface area contributed by atoms with Crippen LogP contribution in [0.25, 0.3) is 0 Å². The Hall–Kier alpha value is -2.66. The minimum Gasteiger partial charge on any atom is -0.382 e. The van der Waals surface area contributed by atoms with Crippen molar-refractivity contribution in [3.05, 3.63) is 33.9 Å². The minimum absolute atomic E-state index is 0.0899. The third kappa shape index (κ3) is 8.66. The normalized spacial score (nSPS) is 20.5. The van der Waals surface area contributed by atoms with Crippen molar-refractivity contribution in [2.75, 3.05) is 38.1 Å². The molecule has 216 valence electrons. The van der Waals surface area contributed by atoms with Gasteiger partial charge in [-0.05, 0) is 37.8 Å². The van der Waals surface area contributed by atoms with Crippen molar-refractivity contribution < 1.29 is 40.6 Å². The van der Waals surface area contributed by atoms with E-state index in [1.54, 1.807) is 4.58 Å². The van der Waals surface area contributed by atoms with E-state index in [0.717, 1.165) is 12.1 Å². The summed E-state index contributed by atoms with van der Waals surface area (Å²) in [6.45, 7) is 1.75. The number of amidine groups is 1. The molecule has 1 aromatic rings. The number of rotatable bonds is 6. The Bertz CT molecular complexity index is 1110. The molecule has 4 N–H and O–H groups in total. The number of anilines is 1. The highest BCUT2D eigenvalue weighted by Crippen LogP contribution is 2.38. The van der Waals surface area contributed by atoms with E-state index in [-0.39, 0.29) is 41.4 Å². The maximum atomic E-state index is 13.2. The van der Waals surface area contributed by atoms with Crippen LogP contribution in [-0.2, 0) is 10.9 Å². The summed E-state index contributed by atoms with van der Waals surface area (Å²) in [5.41, 5.74) is 3.59. The zero-order valence-corrected chi connectivity index (χ0v) is 22.1. The van der Waals surface area contributed by atoms with Crippen LogP contribution in [0.3, 0.4) is 0 Å². The average Bonchev–Trinajstić information content (AvgIpc) is 2.87. The number of benzene rings is 1.